The summed E-state index contributed by atoms with van der Waals surface area (Å²) in [4.78, 5) is 9.24. The van der Waals surface area contributed by atoms with Crippen LogP contribution in [0.1, 0.15) is 6.42 Å². The monoisotopic (exact) mass is 357 g/mol. The fourth-order valence-electron chi connectivity index (χ4n) is 3.31. The molecule has 0 saturated carbocycles. The van der Waals surface area contributed by atoms with Gasteiger partial charge >= 0.3 is 0 Å². The zero-order valence-corrected chi connectivity index (χ0v) is 15.8. The standard InChI is InChI=1S/C19H27N5O2/c1-23(13-15-8-9-24(14-15)10-11-25-2)19-21-18(12-20-22-19)16-4-6-17(26-3)7-5-16/h4-7,12,15H,8-11,13-14H2,1-3H3/t15-/m1/s1. The lowest BCUT2D eigenvalue weighted by Crippen LogP contribution is -2.30. The van der Waals surface area contributed by atoms with Crippen molar-refractivity contribution < 1.29 is 9.47 Å². The first-order valence-corrected chi connectivity index (χ1v) is 8.96. The molecule has 0 radical (unpaired) electrons. The number of aromatic nitrogens is 3. The summed E-state index contributed by atoms with van der Waals surface area (Å²) < 4.78 is 10.4. The van der Waals surface area contributed by atoms with Crippen molar-refractivity contribution in [1.82, 2.24) is 20.1 Å². The molecule has 7 nitrogen and oxygen atoms in total. The van der Waals surface area contributed by atoms with Gasteiger partial charge in [-0.2, -0.15) is 5.10 Å². The van der Waals surface area contributed by atoms with E-state index in [1.54, 1.807) is 20.4 Å². The largest absolute Gasteiger partial charge is 0.497 e. The van der Waals surface area contributed by atoms with E-state index in [1.165, 1.54) is 6.42 Å². The van der Waals surface area contributed by atoms with Gasteiger partial charge in [0.05, 0.1) is 25.6 Å². The molecule has 0 spiro atoms. The Morgan fingerprint density at radius 2 is 2.04 bits per heavy atom. The second kappa shape index (κ2) is 8.91. The lowest BCUT2D eigenvalue weighted by molar-refractivity contribution is 0.159. The highest BCUT2D eigenvalue weighted by Gasteiger charge is 2.24. The lowest BCUT2D eigenvalue weighted by Gasteiger charge is -2.21. The van der Waals surface area contributed by atoms with Crippen LogP contribution in [0.5, 0.6) is 5.75 Å². The number of methoxy groups -OCH3 is 2. The Balaban J connectivity index is 1.62. The minimum Gasteiger partial charge on any atom is -0.497 e. The second-order valence-corrected chi connectivity index (χ2v) is 6.70. The zero-order valence-electron chi connectivity index (χ0n) is 15.8. The molecule has 1 aliphatic rings. The minimum atomic E-state index is 0.616. The summed E-state index contributed by atoms with van der Waals surface area (Å²) >= 11 is 0. The van der Waals surface area contributed by atoms with Crippen LogP contribution >= 0.6 is 0 Å². The summed E-state index contributed by atoms with van der Waals surface area (Å²) in [5.41, 5.74) is 1.82. The van der Waals surface area contributed by atoms with Crippen molar-refractivity contribution in [2.75, 3.05) is 59.0 Å². The van der Waals surface area contributed by atoms with Crippen LogP contribution in [0.3, 0.4) is 0 Å². The van der Waals surface area contributed by atoms with Gasteiger partial charge in [-0.3, -0.25) is 0 Å². The van der Waals surface area contributed by atoms with Gasteiger partial charge in [0.2, 0.25) is 5.95 Å². The molecule has 26 heavy (non-hydrogen) atoms. The lowest BCUT2D eigenvalue weighted by atomic mass is 10.1. The zero-order chi connectivity index (χ0) is 18.4. The molecule has 1 saturated heterocycles. The fraction of sp³-hybridized carbons (Fsp3) is 0.526. The van der Waals surface area contributed by atoms with Crippen LogP contribution in [0.4, 0.5) is 5.95 Å². The maximum atomic E-state index is 5.21. The number of anilines is 1. The highest BCUT2D eigenvalue weighted by Crippen LogP contribution is 2.22. The molecule has 1 fully saturated rings. The van der Waals surface area contributed by atoms with Crippen LogP contribution in [0.2, 0.25) is 0 Å². The first kappa shape index (κ1) is 18.5. The van der Waals surface area contributed by atoms with Gasteiger partial charge in [-0.1, -0.05) is 0 Å². The highest BCUT2D eigenvalue weighted by molar-refractivity contribution is 5.60. The van der Waals surface area contributed by atoms with Crippen molar-refractivity contribution in [2.24, 2.45) is 5.92 Å². The molecule has 0 amide bonds. The first-order chi connectivity index (χ1) is 12.7. The van der Waals surface area contributed by atoms with E-state index in [2.05, 4.69) is 25.0 Å². The number of nitrogens with zero attached hydrogens (tertiary/aromatic N) is 5. The molecule has 2 heterocycles. The maximum absolute atomic E-state index is 5.21. The molecular formula is C19H27N5O2. The Hall–Kier alpha value is -2.25. The van der Waals surface area contributed by atoms with Crippen LogP contribution in [0.25, 0.3) is 11.3 Å². The molecule has 7 heteroatoms. The van der Waals surface area contributed by atoms with Crippen LogP contribution in [0, 0.1) is 5.92 Å². The van der Waals surface area contributed by atoms with Crippen LogP contribution in [-0.2, 0) is 4.74 Å². The number of rotatable bonds is 8. The highest BCUT2D eigenvalue weighted by atomic mass is 16.5. The predicted octanol–water partition coefficient (Wildman–Crippen LogP) is 1.95. The van der Waals surface area contributed by atoms with E-state index in [4.69, 9.17) is 9.47 Å². The molecule has 1 aliphatic heterocycles. The molecule has 0 unspecified atom stereocenters. The molecule has 2 aromatic rings. The third kappa shape index (κ3) is 4.68. The minimum absolute atomic E-state index is 0.616. The van der Waals surface area contributed by atoms with E-state index in [0.717, 1.165) is 49.8 Å². The Bertz CT molecular complexity index is 695. The summed E-state index contributed by atoms with van der Waals surface area (Å²) in [6.07, 6.45) is 2.89. The normalized spacial score (nSPS) is 17.4. The van der Waals surface area contributed by atoms with Crippen molar-refractivity contribution in [1.29, 1.82) is 0 Å². The predicted molar refractivity (Wildman–Crippen MR) is 102 cm³/mol. The quantitative estimate of drug-likeness (QED) is 0.715. The Labute approximate surface area is 155 Å². The van der Waals surface area contributed by atoms with Gasteiger partial charge in [0.15, 0.2) is 0 Å². The molecule has 0 N–H and O–H groups in total. The van der Waals surface area contributed by atoms with Crippen molar-refractivity contribution in [2.45, 2.75) is 6.42 Å². The number of likely N-dealkylation sites (tertiary alicyclic amines) is 1. The van der Waals surface area contributed by atoms with Gasteiger partial charge in [0.25, 0.3) is 0 Å². The van der Waals surface area contributed by atoms with E-state index in [1.807, 2.05) is 31.3 Å². The molecule has 1 atom stereocenters. The molecular weight excluding hydrogens is 330 g/mol. The van der Waals surface area contributed by atoms with Crippen LogP contribution in [-0.4, -0.2) is 74.1 Å². The summed E-state index contributed by atoms with van der Waals surface area (Å²) in [5.74, 6) is 2.10. The van der Waals surface area contributed by atoms with E-state index < -0.39 is 0 Å². The van der Waals surface area contributed by atoms with Gasteiger partial charge in [-0.25, -0.2) is 4.98 Å². The van der Waals surface area contributed by atoms with Gasteiger partial charge in [-0.05, 0) is 43.1 Å². The first-order valence-electron chi connectivity index (χ1n) is 8.96. The van der Waals surface area contributed by atoms with E-state index >= 15 is 0 Å². The number of ether oxygens (including phenoxy) is 2. The van der Waals surface area contributed by atoms with Gasteiger partial charge < -0.3 is 19.3 Å². The maximum Gasteiger partial charge on any atom is 0.245 e. The fourth-order valence-corrected chi connectivity index (χ4v) is 3.31. The molecule has 140 valence electrons. The molecule has 0 bridgehead atoms. The van der Waals surface area contributed by atoms with Crippen molar-refractivity contribution >= 4 is 5.95 Å². The van der Waals surface area contributed by atoms with E-state index in [-0.39, 0.29) is 0 Å². The SMILES string of the molecule is COCCN1CC[C@H](CN(C)c2nncc(-c3ccc(OC)cc3)n2)C1. The Kier molecular flexibility index (Phi) is 6.35. The van der Waals surface area contributed by atoms with Crippen molar-refractivity contribution in [3.8, 4) is 17.0 Å². The Morgan fingerprint density at radius 3 is 2.77 bits per heavy atom. The third-order valence-electron chi connectivity index (χ3n) is 4.79. The van der Waals surface area contributed by atoms with Crippen molar-refractivity contribution in [3.05, 3.63) is 30.5 Å². The second-order valence-electron chi connectivity index (χ2n) is 6.70. The average Bonchev–Trinajstić information content (AvgIpc) is 3.13. The average molecular weight is 357 g/mol. The smallest absolute Gasteiger partial charge is 0.245 e. The molecule has 1 aromatic carbocycles. The van der Waals surface area contributed by atoms with E-state index in [9.17, 15) is 0 Å². The molecule has 1 aromatic heterocycles. The van der Waals surface area contributed by atoms with Gasteiger partial charge in [0, 0.05) is 39.4 Å². The Morgan fingerprint density at radius 1 is 1.23 bits per heavy atom. The van der Waals surface area contributed by atoms with Gasteiger partial charge in [0.1, 0.15) is 5.75 Å². The number of hydrogen-bond acceptors (Lipinski definition) is 7. The molecule has 3 rings (SSSR count). The van der Waals surface area contributed by atoms with Crippen LogP contribution in [0.15, 0.2) is 30.5 Å². The summed E-state index contributed by atoms with van der Waals surface area (Å²) in [6.45, 7) is 4.95. The summed E-state index contributed by atoms with van der Waals surface area (Å²) in [7, 11) is 5.45. The van der Waals surface area contributed by atoms with Crippen LogP contribution < -0.4 is 9.64 Å². The van der Waals surface area contributed by atoms with E-state index in [0.29, 0.717) is 11.9 Å². The number of hydrogen-bond donors (Lipinski definition) is 0. The molecule has 0 aliphatic carbocycles. The third-order valence-corrected chi connectivity index (χ3v) is 4.79. The topological polar surface area (TPSA) is 63.6 Å². The van der Waals surface area contributed by atoms with Gasteiger partial charge in [-0.15, -0.1) is 5.10 Å². The summed E-state index contributed by atoms with van der Waals surface area (Å²) in [5, 5.41) is 8.36. The summed E-state index contributed by atoms with van der Waals surface area (Å²) in [6, 6.07) is 7.82. The van der Waals surface area contributed by atoms with Crippen molar-refractivity contribution in [3.63, 3.8) is 0 Å². The number of benzene rings is 1.